The highest BCUT2D eigenvalue weighted by atomic mass is 16.2. The second-order valence-corrected chi connectivity index (χ2v) is 20.2. The molecule has 9 atom stereocenters. The molecule has 78 heavy (non-hydrogen) atoms. The summed E-state index contributed by atoms with van der Waals surface area (Å²) in [5.41, 5.74) is 9.35. The highest BCUT2D eigenvalue weighted by molar-refractivity contribution is 5.98. The molecule has 0 saturated carbocycles. The summed E-state index contributed by atoms with van der Waals surface area (Å²) < 4.78 is 0. The first-order valence-electron chi connectivity index (χ1n) is 27.0. The molecule has 21 heteroatoms. The van der Waals surface area contributed by atoms with Gasteiger partial charge < -0.3 is 57.8 Å². The molecule has 0 spiro atoms. The average Bonchev–Trinajstić information content (AvgIpc) is 4.32. The highest BCUT2D eigenvalue weighted by Gasteiger charge is 2.41. The van der Waals surface area contributed by atoms with Gasteiger partial charge in [0, 0.05) is 56.0 Å². The number of nitrogens with zero attached hydrogens (tertiary/aromatic N) is 3. The molecule has 3 aromatic carbocycles. The number of carbonyl (C=O) groups excluding carboxylic acids is 8. The van der Waals surface area contributed by atoms with E-state index < -0.39 is 95.6 Å². The normalized spacial score (nSPS) is 17.7. The number of primary amides is 1. The van der Waals surface area contributed by atoms with E-state index in [2.05, 4.69) is 57.2 Å². The highest BCUT2D eigenvalue weighted by Crippen LogP contribution is 2.21. The molecule has 8 amide bonds. The number of H-pyrrole nitrogens is 2. The first kappa shape index (κ1) is 57.5. The number of rotatable bonds is 28. The summed E-state index contributed by atoms with van der Waals surface area (Å²) in [5, 5.41) is 20.4. The summed E-state index contributed by atoms with van der Waals surface area (Å²) in [6.07, 6.45) is 10.00. The molecule has 2 fully saturated rings. The number of hydrogen-bond donors (Lipinski definition) is 10. The molecule has 21 nitrogen and oxygen atoms in total. The van der Waals surface area contributed by atoms with Crippen molar-refractivity contribution in [3.8, 4) is 0 Å². The van der Waals surface area contributed by atoms with E-state index in [1.165, 1.54) is 23.8 Å². The predicted octanol–water partition coefficient (Wildman–Crippen LogP) is 1.61. The number of hydrogen-bond acceptors (Lipinski definition) is 11. The van der Waals surface area contributed by atoms with Crippen LogP contribution in [0.4, 0.5) is 0 Å². The maximum Gasteiger partial charge on any atom is 0.246 e. The molecule has 11 N–H and O–H groups in total. The van der Waals surface area contributed by atoms with Crippen molar-refractivity contribution in [2.45, 2.75) is 139 Å². The van der Waals surface area contributed by atoms with Crippen molar-refractivity contribution in [2.75, 3.05) is 13.1 Å². The van der Waals surface area contributed by atoms with E-state index >= 15 is 0 Å². The van der Waals surface area contributed by atoms with Crippen molar-refractivity contribution in [1.82, 2.24) is 62.1 Å². The Labute approximate surface area is 454 Å². The summed E-state index contributed by atoms with van der Waals surface area (Å²) >= 11 is 0. The fourth-order valence-electron chi connectivity index (χ4n) is 9.91. The lowest BCUT2D eigenvalue weighted by Crippen LogP contribution is -2.61. The molecule has 0 unspecified atom stereocenters. The Morgan fingerprint density at radius 3 is 1.68 bits per heavy atom. The van der Waals surface area contributed by atoms with Crippen molar-refractivity contribution < 1.29 is 38.4 Å². The van der Waals surface area contributed by atoms with E-state index in [1.54, 1.807) is 37.4 Å². The van der Waals surface area contributed by atoms with Crippen molar-refractivity contribution >= 4 is 47.3 Å². The van der Waals surface area contributed by atoms with Gasteiger partial charge in [0.1, 0.15) is 42.3 Å². The van der Waals surface area contributed by atoms with Crippen LogP contribution in [0.15, 0.2) is 116 Å². The number of aromatic amines is 2. The number of imidazole rings is 2. The van der Waals surface area contributed by atoms with E-state index in [0.717, 1.165) is 17.5 Å². The van der Waals surface area contributed by atoms with Crippen molar-refractivity contribution in [3.63, 3.8) is 0 Å². The molecule has 0 radical (unpaired) electrons. The van der Waals surface area contributed by atoms with Crippen LogP contribution in [-0.4, -0.2) is 134 Å². The van der Waals surface area contributed by atoms with Gasteiger partial charge in [-0.05, 0) is 74.1 Å². The number of carbonyl (C=O) groups is 8. The molecule has 5 aromatic rings. The monoisotopic (exact) mass is 1070 g/mol. The molecule has 0 aliphatic carbocycles. The molecular formula is C57H73N13O8. The van der Waals surface area contributed by atoms with Crippen LogP contribution in [0.3, 0.4) is 0 Å². The Morgan fingerprint density at radius 1 is 0.603 bits per heavy atom. The molecule has 0 bridgehead atoms. The summed E-state index contributed by atoms with van der Waals surface area (Å²) in [4.78, 5) is 129. The number of benzene rings is 3. The molecule has 2 aliphatic rings. The lowest BCUT2D eigenvalue weighted by atomic mass is 9.96. The third kappa shape index (κ3) is 16.6. The van der Waals surface area contributed by atoms with Gasteiger partial charge >= 0.3 is 0 Å². The summed E-state index contributed by atoms with van der Waals surface area (Å²) in [6, 6.07) is 19.3. The van der Waals surface area contributed by atoms with Crippen molar-refractivity contribution in [3.05, 3.63) is 144 Å². The predicted molar refractivity (Wildman–Crippen MR) is 290 cm³/mol. The van der Waals surface area contributed by atoms with Gasteiger partial charge in [-0.25, -0.2) is 9.97 Å². The lowest BCUT2D eigenvalue weighted by molar-refractivity contribution is -0.142. The Morgan fingerprint density at radius 2 is 1.13 bits per heavy atom. The standard InChI is InChI=1S/C57H73N13O8/c1-3-36(2)49(56(77)65-44(50(58)71)28-38-18-9-5-10-19-38)69-52(73)43(23-13-22-37-16-7-4-8-17-37)64-54(75)46(30-40-32-59-34-62-40)66-53(74)45(29-39-20-11-6-12-21-39)67-55(76)48-25-15-27-70(48)57(78)47(31-41-33-60-35-63-41)68-51(72)42-24-14-26-61-42/h4-12,16-21,32-36,42-49,61H,3,13-15,22-31H2,1-2H3,(H2,58,71)(H,59,62)(H,60,63)(H,64,75)(H,65,77)(H,66,74)(H,67,76)(H,68,72)(H,69,73)/t36-,42-,43-,44-,45-,46-,47-,48-,49-/m0/s1. The number of nitrogens with one attached hydrogen (secondary N) is 9. The van der Waals surface area contributed by atoms with Gasteiger partial charge in [0.05, 0.1) is 18.7 Å². The second kappa shape index (κ2) is 28.8. The largest absolute Gasteiger partial charge is 0.368 e. The third-order valence-electron chi connectivity index (χ3n) is 14.5. The van der Waals surface area contributed by atoms with Gasteiger partial charge in [-0.3, -0.25) is 38.4 Å². The number of amides is 8. The van der Waals surface area contributed by atoms with Gasteiger partial charge in [-0.1, -0.05) is 111 Å². The molecule has 2 aromatic heterocycles. The number of nitrogens with two attached hydrogens (primary N) is 1. The van der Waals surface area contributed by atoms with Crippen LogP contribution in [0.25, 0.3) is 0 Å². The fourth-order valence-corrected chi connectivity index (χ4v) is 9.91. The molecular weight excluding hydrogens is 995 g/mol. The van der Waals surface area contributed by atoms with Crippen LogP contribution in [0.1, 0.15) is 86.9 Å². The van der Waals surface area contributed by atoms with E-state index in [9.17, 15) is 38.4 Å². The van der Waals surface area contributed by atoms with Crippen LogP contribution in [0, 0.1) is 5.92 Å². The minimum absolute atomic E-state index is 0.00983. The summed E-state index contributed by atoms with van der Waals surface area (Å²) in [5.74, 6) is -5.24. The van der Waals surface area contributed by atoms with Crippen LogP contribution in [0.5, 0.6) is 0 Å². The lowest BCUT2D eigenvalue weighted by Gasteiger charge is -2.31. The number of aryl methyl sites for hydroxylation is 1. The zero-order valence-corrected chi connectivity index (χ0v) is 44.3. The Kier molecular flexibility index (Phi) is 21.2. The second-order valence-electron chi connectivity index (χ2n) is 20.2. The van der Waals surface area contributed by atoms with Crippen molar-refractivity contribution in [1.29, 1.82) is 0 Å². The van der Waals surface area contributed by atoms with Crippen LogP contribution >= 0.6 is 0 Å². The molecule has 2 aliphatic heterocycles. The van der Waals surface area contributed by atoms with E-state index in [0.29, 0.717) is 62.0 Å². The zero-order chi connectivity index (χ0) is 55.4. The molecule has 4 heterocycles. The third-order valence-corrected chi connectivity index (χ3v) is 14.5. The molecule has 2 saturated heterocycles. The minimum Gasteiger partial charge on any atom is -0.368 e. The molecule has 7 rings (SSSR count). The summed E-state index contributed by atoms with van der Waals surface area (Å²) in [6.45, 7) is 4.58. The topological polar surface area (TPSA) is 307 Å². The van der Waals surface area contributed by atoms with Crippen molar-refractivity contribution in [2.24, 2.45) is 11.7 Å². The van der Waals surface area contributed by atoms with Crippen LogP contribution < -0.4 is 43.0 Å². The number of likely N-dealkylation sites (tertiary alicyclic amines) is 1. The number of aromatic nitrogens is 4. The van der Waals surface area contributed by atoms with Crippen LogP contribution in [0.2, 0.25) is 0 Å². The Hall–Kier alpha value is -8.20. The van der Waals surface area contributed by atoms with Gasteiger partial charge in [0.2, 0.25) is 47.3 Å². The van der Waals surface area contributed by atoms with E-state index in [1.807, 2.05) is 73.7 Å². The van der Waals surface area contributed by atoms with E-state index in [-0.39, 0.29) is 44.6 Å². The van der Waals surface area contributed by atoms with Gasteiger partial charge in [-0.15, -0.1) is 0 Å². The van der Waals surface area contributed by atoms with Gasteiger partial charge in [0.25, 0.3) is 0 Å². The van der Waals surface area contributed by atoms with Crippen LogP contribution in [-0.2, 0) is 70.5 Å². The minimum atomic E-state index is -1.33. The molecule has 414 valence electrons. The zero-order valence-electron chi connectivity index (χ0n) is 44.3. The van der Waals surface area contributed by atoms with Gasteiger partial charge in [-0.2, -0.15) is 0 Å². The Bertz CT molecular complexity index is 2740. The first-order valence-corrected chi connectivity index (χ1v) is 27.0. The SMILES string of the molecule is CC[C@H](C)[C@H](NC(=O)[C@H](CCCc1ccccc1)NC(=O)[C@H](Cc1cnc[nH]1)NC(=O)[C@H](Cc1ccccc1)NC(=O)[C@@H]1CCCN1C(=O)[C@H](Cc1cnc[nH]1)NC(=O)[C@@H]1CCCN1)C(=O)N[C@@H](Cc1ccccc1)C(N)=O. The summed E-state index contributed by atoms with van der Waals surface area (Å²) in [7, 11) is 0. The average molecular weight is 1070 g/mol. The first-order chi connectivity index (χ1) is 37.8. The van der Waals surface area contributed by atoms with Gasteiger partial charge in [0.15, 0.2) is 0 Å². The maximum atomic E-state index is 14.8. The fraction of sp³-hybridized carbons (Fsp3) is 0.439. The quantitative estimate of drug-likeness (QED) is 0.0343. The Balaban J connectivity index is 1.10. The van der Waals surface area contributed by atoms with E-state index in [4.69, 9.17) is 5.73 Å². The smallest absolute Gasteiger partial charge is 0.246 e. The maximum absolute atomic E-state index is 14.8.